The van der Waals surface area contributed by atoms with Gasteiger partial charge < -0.3 is 16.0 Å². The van der Waals surface area contributed by atoms with Gasteiger partial charge in [-0.05, 0) is 12.8 Å². The Morgan fingerprint density at radius 3 is 2.56 bits per heavy atom. The van der Waals surface area contributed by atoms with Crippen molar-refractivity contribution < 1.29 is 19.4 Å². The lowest BCUT2D eigenvalue weighted by molar-refractivity contribution is -0.154. The second-order valence-electron chi connectivity index (χ2n) is 4.44. The van der Waals surface area contributed by atoms with Crippen LogP contribution in [0.15, 0.2) is 0 Å². The number of rotatable bonds is 5. The highest BCUT2D eigenvalue weighted by Crippen LogP contribution is 2.21. The summed E-state index contributed by atoms with van der Waals surface area (Å²) in [5.74, 6) is 3.35. The summed E-state index contributed by atoms with van der Waals surface area (Å²) in [6, 6.07) is 0. The van der Waals surface area contributed by atoms with Crippen LogP contribution in [-0.2, 0) is 14.3 Å². The predicted molar refractivity (Wildman–Crippen MR) is 65.9 cm³/mol. The van der Waals surface area contributed by atoms with E-state index in [9.17, 15) is 9.59 Å². The van der Waals surface area contributed by atoms with Crippen LogP contribution in [0, 0.1) is 11.8 Å². The number of nitrogens with two attached hydrogens (primary N) is 1. The SMILES string of the molecule is CCCCOC(=O)C1CC(C(=O)O)CN(N)C1.N. The molecule has 0 aliphatic carbocycles. The summed E-state index contributed by atoms with van der Waals surface area (Å²) in [5.41, 5.74) is 0. The molecule has 1 saturated heterocycles. The number of piperidine rings is 1. The van der Waals surface area contributed by atoms with E-state index in [0.29, 0.717) is 19.6 Å². The number of carbonyl (C=O) groups is 2. The number of hydrogen-bond donors (Lipinski definition) is 3. The van der Waals surface area contributed by atoms with E-state index < -0.39 is 17.8 Å². The van der Waals surface area contributed by atoms with E-state index in [4.69, 9.17) is 15.7 Å². The normalized spacial score (nSPS) is 24.1. The largest absolute Gasteiger partial charge is 0.481 e. The monoisotopic (exact) mass is 261 g/mol. The van der Waals surface area contributed by atoms with Crippen molar-refractivity contribution in [1.82, 2.24) is 11.2 Å². The second kappa shape index (κ2) is 8.02. The molecule has 1 aliphatic heterocycles. The summed E-state index contributed by atoms with van der Waals surface area (Å²) >= 11 is 0. The number of ether oxygens (including phenoxy) is 1. The van der Waals surface area contributed by atoms with Crippen LogP contribution >= 0.6 is 0 Å². The molecular weight excluding hydrogens is 238 g/mol. The minimum absolute atomic E-state index is 0. The number of esters is 1. The van der Waals surface area contributed by atoms with Crippen LogP contribution in [0.2, 0.25) is 0 Å². The predicted octanol–water partition coefficient (Wildman–Crippen LogP) is 0.388. The summed E-state index contributed by atoms with van der Waals surface area (Å²) < 4.78 is 5.08. The fraction of sp³-hybridized carbons (Fsp3) is 0.818. The molecule has 0 saturated carbocycles. The highest BCUT2D eigenvalue weighted by molar-refractivity contribution is 5.76. The zero-order valence-electron chi connectivity index (χ0n) is 10.8. The molecule has 0 radical (unpaired) electrons. The van der Waals surface area contributed by atoms with E-state index in [-0.39, 0.29) is 18.7 Å². The quantitative estimate of drug-likeness (QED) is 0.371. The molecule has 18 heavy (non-hydrogen) atoms. The van der Waals surface area contributed by atoms with Gasteiger partial charge in [-0.25, -0.2) is 5.01 Å². The van der Waals surface area contributed by atoms with E-state index in [0.717, 1.165) is 12.8 Å². The summed E-state index contributed by atoms with van der Waals surface area (Å²) in [5, 5.41) is 10.3. The molecule has 2 atom stereocenters. The molecule has 106 valence electrons. The molecule has 0 amide bonds. The number of carboxylic acid groups (broad SMARTS) is 1. The molecule has 7 nitrogen and oxygen atoms in total. The number of nitrogens with zero attached hydrogens (tertiary/aromatic N) is 1. The third kappa shape index (κ3) is 4.99. The lowest BCUT2D eigenvalue weighted by Gasteiger charge is -2.31. The number of carboxylic acids is 1. The highest BCUT2D eigenvalue weighted by Gasteiger charge is 2.34. The van der Waals surface area contributed by atoms with Gasteiger partial charge >= 0.3 is 11.9 Å². The smallest absolute Gasteiger partial charge is 0.310 e. The van der Waals surface area contributed by atoms with Crippen molar-refractivity contribution >= 4 is 11.9 Å². The highest BCUT2D eigenvalue weighted by atomic mass is 16.5. The van der Waals surface area contributed by atoms with E-state index in [2.05, 4.69) is 0 Å². The average Bonchev–Trinajstić information content (AvgIpc) is 2.28. The Hall–Kier alpha value is -1.18. The number of aliphatic carboxylic acids is 1. The number of hydrazine groups is 1. The fourth-order valence-electron chi connectivity index (χ4n) is 1.92. The Labute approximate surface area is 107 Å². The first kappa shape index (κ1) is 16.8. The van der Waals surface area contributed by atoms with Gasteiger partial charge in [-0.15, -0.1) is 0 Å². The molecular formula is C11H23N3O4. The van der Waals surface area contributed by atoms with Gasteiger partial charge in [0, 0.05) is 13.1 Å². The third-order valence-electron chi connectivity index (χ3n) is 2.90. The van der Waals surface area contributed by atoms with Crippen molar-refractivity contribution in [3.63, 3.8) is 0 Å². The summed E-state index contributed by atoms with van der Waals surface area (Å²) in [4.78, 5) is 22.6. The van der Waals surface area contributed by atoms with E-state index >= 15 is 0 Å². The van der Waals surface area contributed by atoms with Crippen LogP contribution in [0.1, 0.15) is 26.2 Å². The fourth-order valence-corrected chi connectivity index (χ4v) is 1.92. The molecule has 1 fully saturated rings. The van der Waals surface area contributed by atoms with Crippen LogP contribution < -0.4 is 12.0 Å². The molecule has 7 heteroatoms. The summed E-state index contributed by atoms with van der Waals surface area (Å²) in [6.45, 7) is 3.06. The van der Waals surface area contributed by atoms with Gasteiger partial charge in [0.15, 0.2) is 0 Å². The zero-order chi connectivity index (χ0) is 12.8. The molecule has 0 aromatic carbocycles. The van der Waals surface area contributed by atoms with Gasteiger partial charge in [-0.1, -0.05) is 13.3 Å². The molecule has 6 N–H and O–H groups in total. The summed E-state index contributed by atoms with van der Waals surface area (Å²) in [6.07, 6.45) is 2.10. The molecule has 0 aromatic rings. The van der Waals surface area contributed by atoms with Gasteiger partial charge in [0.05, 0.1) is 18.4 Å². The van der Waals surface area contributed by atoms with Crippen molar-refractivity contribution in [2.24, 2.45) is 17.7 Å². The second-order valence-corrected chi connectivity index (χ2v) is 4.44. The molecule has 1 rings (SSSR count). The molecule has 0 aromatic heterocycles. The molecule has 0 spiro atoms. The first-order chi connectivity index (χ1) is 8.04. The summed E-state index contributed by atoms with van der Waals surface area (Å²) in [7, 11) is 0. The van der Waals surface area contributed by atoms with Crippen molar-refractivity contribution in [3.05, 3.63) is 0 Å². The number of hydrogen-bond acceptors (Lipinski definition) is 6. The first-order valence-corrected chi connectivity index (χ1v) is 5.93. The minimum atomic E-state index is -0.911. The zero-order valence-corrected chi connectivity index (χ0v) is 10.8. The Bertz CT molecular complexity index is 285. The Morgan fingerprint density at radius 1 is 1.39 bits per heavy atom. The van der Waals surface area contributed by atoms with Crippen molar-refractivity contribution in [2.75, 3.05) is 19.7 Å². The number of carbonyl (C=O) groups excluding carboxylic acids is 1. The molecule has 2 unspecified atom stereocenters. The van der Waals surface area contributed by atoms with Crippen LogP contribution in [0.4, 0.5) is 0 Å². The lowest BCUT2D eigenvalue weighted by atomic mass is 9.90. The maximum atomic E-state index is 11.7. The topological polar surface area (TPSA) is 128 Å². The number of unbranched alkanes of at least 4 members (excludes halogenated alkanes) is 1. The van der Waals surface area contributed by atoms with Gasteiger partial charge in [0.25, 0.3) is 0 Å². The first-order valence-electron chi connectivity index (χ1n) is 5.93. The van der Waals surface area contributed by atoms with Gasteiger partial charge in [-0.3, -0.25) is 15.4 Å². The average molecular weight is 261 g/mol. The maximum absolute atomic E-state index is 11.7. The lowest BCUT2D eigenvalue weighted by Crippen LogP contribution is -2.49. The van der Waals surface area contributed by atoms with Crippen molar-refractivity contribution in [1.29, 1.82) is 0 Å². The maximum Gasteiger partial charge on any atom is 0.310 e. The van der Waals surface area contributed by atoms with Gasteiger partial charge in [-0.2, -0.15) is 0 Å². The van der Waals surface area contributed by atoms with Crippen LogP contribution in [0.25, 0.3) is 0 Å². The van der Waals surface area contributed by atoms with Crippen LogP contribution in [0.5, 0.6) is 0 Å². The van der Waals surface area contributed by atoms with E-state index in [1.165, 1.54) is 5.01 Å². The van der Waals surface area contributed by atoms with Crippen LogP contribution in [-0.4, -0.2) is 41.8 Å². The molecule has 1 heterocycles. The van der Waals surface area contributed by atoms with Crippen molar-refractivity contribution in [2.45, 2.75) is 26.2 Å². The van der Waals surface area contributed by atoms with Gasteiger partial charge in [0.2, 0.25) is 0 Å². The van der Waals surface area contributed by atoms with E-state index in [1.807, 2.05) is 6.92 Å². The standard InChI is InChI=1S/C11H20N2O4.H3N/c1-2-3-4-17-11(16)9-5-8(10(14)15)6-13(12)7-9;/h8-9H,2-7,12H2,1H3,(H,14,15);1H3. The minimum Gasteiger partial charge on any atom is -0.481 e. The Balaban J connectivity index is 0.00000289. The Morgan fingerprint density at radius 2 is 2.00 bits per heavy atom. The van der Waals surface area contributed by atoms with E-state index in [1.54, 1.807) is 0 Å². The van der Waals surface area contributed by atoms with Gasteiger partial charge in [0.1, 0.15) is 0 Å². The Kier molecular flexibility index (Phi) is 7.49. The third-order valence-corrected chi connectivity index (χ3v) is 2.90. The molecule has 1 aliphatic rings. The van der Waals surface area contributed by atoms with Crippen LogP contribution in [0.3, 0.4) is 0 Å². The van der Waals surface area contributed by atoms with Crippen molar-refractivity contribution in [3.8, 4) is 0 Å². The molecule has 0 bridgehead atoms.